The topological polar surface area (TPSA) is 50.2 Å². The van der Waals surface area contributed by atoms with Crippen molar-refractivity contribution >= 4 is 5.82 Å². The zero-order chi connectivity index (χ0) is 15.4. The lowest BCUT2D eigenvalue weighted by Gasteiger charge is -2.20. The molecule has 5 nitrogen and oxygen atoms in total. The number of nitrogens with one attached hydrogen (secondary N) is 1. The van der Waals surface area contributed by atoms with Gasteiger partial charge in [0.2, 0.25) is 0 Å². The number of nitrogens with zero attached hydrogens (tertiary/aromatic N) is 3. The lowest BCUT2D eigenvalue weighted by atomic mass is 10.1. The van der Waals surface area contributed by atoms with Crippen molar-refractivity contribution in [2.45, 2.75) is 46.7 Å². The lowest BCUT2D eigenvalue weighted by Crippen LogP contribution is -2.30. The maximum Gasteiger partial charge on any atom is 0.293 e. The van der Waals surface area contributed by atoms with Gasteiger partial charge >= 0.3 is 0 Å². The van der Waals surface area contributed by atoms with Crippen LogP contribution < -0.4 is 10.9 Å². The Hall–Kier alpha value is -1.36. The van der Waals surface area contributed by atoms with Crippen molar-refractivity contribution in [2.75, 3.05) is 25.0 Å². The Morgan fingerprint density at radius 3 is 2.76 bits per heavy atom. The first-order chi connectivity index (χ1) is 9.97. The number of hydrogen-bond acceptors (Lipinski definition) is 4. The monoisotopic (exact) mass is 292 g/mol. The summed E-state index contributed by atoms with van der Waals surface area (Å²) in [4.78, 5) is 19.0. The average molecular weight is 292 g/mol. The van der Waals surface area contributed by atoms with Crippen molar-refractivity contribution in [1.29, 1.82) is 0 Å². The molecule has 0 aromatic carbocycles. The van der Waals surface area contributed by atoms with Gasteiger partial charge < -0.3 is 14.8 Å². The molecule has 1 atom stereocenters. The molecule has 0 amide bonds. The first-order valence-electron chi connectivity index (χ1n) is 8.00. The van der Waals surface area contributed by atoms with Crippen molar-refractivity contribution in [1.82, 2.24) is 14.5 Å². The van der Waals surface area contributed by atoms with Gasteiger partial charge in [0.25, 0.3) is 5.56 Å². The van der Waals surface area contributed by atoms with Gasteiger partial charge in [-0.1, -0.05) is 13.8 Å². The second kappa shape index (κ2) is 7.07. The molecule has 0 spiro atoms. The molecule has 1 aromatic heterocycles. The van der Waals surface area contributed by atoms with Crippen molar-refractivity contribution in [2.24, 2.45) is 11.8 Å². The van der Waals surface area contributed by atoms with Gasteiger partial charge in [-0.3, -0.25) is 4.79 Å². The summed E-state index contributed by atoms with van der Waals surface area (Å²) in [7, 11) is 0. The third-order valence-electron chi connectivity index (χ3n) is 4.08. The predicted molar refractivity (Wildman–Crippen MR) is 86.6 cm³/mol. The van der Waals surface area contributed by atoms with E-state index in [4.69, 9.17) is 0 Å². The highest BCUT2D eigenvalue weighted by Gasteiger charge is 2.24. The molecule has 1 unspecified atom stereocenters. The fraction of sp³-hybridized carbons (Fsp3) is 0.750. The Bertz CT molecular complexity index is 509. The molecule has 1 aliphatic rings. The fourth-order valence-electron chi connectivity index (χ4n) is 2.84. The van der Waals surface area contributed by atoms with Crippen LogP contribution in [0.3, 0.4) is 0 Å². The highest BCUT2D eigenvalue weighted by atomic mass is 16.1. The quantitative estimate of drug-likeness (QED) is 0.872. The van der Waals surface area contributed by atoms with Gasteiger partial charge in [-0.15, -0.1) is 0 Å². The second-order valence-corrected chi connectivity index (χ2v) is 6.75. The summed E-state index contributed by atoms with van der Waals surface area (Å²) in [6, 6.07) is 0.605. The zero-order valence-corrected chi connectivity index (χ0v) is 13.7. The van der Waals surface area contributed by atoms with E-state index in [0.29, 0.717) is 23.7 Å². The molecular formula is C16H28N4O. The van der Waals surface area contributed by atoms with E-state index in [1.165, 1.54) is 6.42 Å². The summed E-state index contributed by atoms with van der Waals surface area (Å²) in [5, 5.41) is 3.26. The predicted octanol–water partition coefficient (Wildman–Crippen LogP) is 2.04. The van der Waals surface area contributed by atoms with Crippen molar-refractivity contribution < 1.29 is 0 Å². The molecule has 1 fully saturated rings. The number of hydrogen-bond donors (Lipinski definition) is 1. The van der Waals surface area contributed by atoms with Crippen LogP contribution >= 0.6 is 0 Å². The van der Waals surface area contributed by atoms with E-state index in [1.54, 1.807) is 17.0 Å². The maximum atomic E-state index is 12.3. The van der Waals surface area contributed by atoms with Gasteiger partial charge in [0.05, 0.1) is 0 Å². The van der Waals surface area contributed by atoms with E-state index >= 15 is 0 Å². The van der Waals surface area contributed by atoms with E-state index in [1.807, 2.05) is 0 Å². The highest BCUT2D eigenvalue weighted by Crippen LogP contribution is 2.18. The Kier molecular flexibility index (Phi) is 5.39. The van der Waals surface area contributed by atoms with E-state index in [-0.39, 0.29) is 5.56 Å². The average Bonchev–Trinajstić information content (AvgIpc) is 2.88. The summed E-state index contributed by atoms with van der Waals surface area (Å²) in [5.41, 5.74) is -0.00934. The van der Waals surface area contributed by atoms with E-state index in [2.05, 4.69) is 42.9 Å². The molecule has 2 heterocycles. The summed E-state index contributed by atoms with van der Waals surface area (Å²) >= 11 is 0. The van der Waals surface area contributed by atoms with Gasteiger partial charge in [-0.2, -0.15) is 0 Å². The molecule has 21 heavy (non-hydrogen) atoms. The Labute approximate surface area is 127 Å². The minimum atomic E-state index is -0.00934. The number of anilines is 1. The molecule has 1 saturated heterocycles. The largest absolute Gasteiger partial charge is 0.365 e. The molecule has 5 heteroatoms. The zero-order valence-electron chi connectivity index (χ0n) is 13.7. The first-order valence-corrected chi connectivity index (χ1v) is 8.00. The van der Waals surface area contributed by atoms with E-state index in [0.717, 1.165) is 26.2 Å². The van der Waals surface area contributed by atoms with Crippen molar-refractivity contribution in [3.05, 3.63) is 22.7 Å². The molecule has 0 saturated carbocycles. The van der Waals surface area contributed by atoms with Crippen LogP contribution in [0, 0.1) is 11.8 Å². The second-order valence-electron chi connectivity index (χ2n) is 6.75. The molecule has 1 aliphatic heterocycles. The van der Waals surface area contributed by atoms with Crippen LogP contribution in [0.4, 0.5) is 5.82 Å². The van der Waals surface area contributed by atoms with Gasteiger partial charge in [0.15, 0.2) is 5.82 Å². The van der Waals surface area contributed by atoms with Gasteiger partial charge in [0, 0.05) is 38.1 Å². The molecule has 0 bridgehead atoms. The van der Waals surface area contributed by atoms with Crippen LogP contribution in [0.2, 0.25) is 0 Å². The van der Waals surface area contributed by atoms with Gasteiger partial charge in [-0.05, 0) is 38.6 Å². The van der Waals surface area contributed by atoms with Crippen molar-refractivity contribution in [3.63, 3.8) is 0 Å². The van der Waals surface area contributed by atoms with Gasteiger partial charge in [-0.25, -0.2) is 4.98 Å². The summed E-state index contributed by atoms with van der Waals surface area (Å²) in [6.07, 6.45) is 4.67. The normalized spacial score (nSPS) is 19.6. The summed E-state index contributed by atoms with van der Waals surface area (Å²) < 4.78 is 1.75. The molecule has 1 aromatic rings. The van der Waals surface area contributed by atoms with Crippen LogP contribution in [-0.2, 0) is 6.54 Å². The van der Waals surface area contributed by atoms with Crippen LogP contribution in [0.25, 0.3) is 0 Å². The molecule has 2 rings (SSSR count). The van der Waals surface area contributed by atoms with Crippen molar-refractivity contribution in [3.8, 4) is 0 Å². The smallest absolute Gasteiger partial charge is 0.293 e. The maximum absolute atomic E-state index is 12.3. The van der Waals surface area contributed by atoms with Crippen LogP contribution in [0.15, 0.2) is 17.2 Å². The molecule has 0 aliphatic carbocycles. The van der Waals surface area contributed by atoms with Crippen LogP contribution in [0.5, 0.6) is 0 Å². The Morgan fingerprint density at radius 2 is 2.14 bits per heavy atom. The van der Waals surface area contributed by atoms with E-state index in [9.17, 15) is 4.79 Å². The minimum Gasteiger partial charge on any atom is -0.365 e. The third kappa shape index (κ3) is 4.30. The SMILES string of the molecule is CC(C)Cn1ccnc(NCC2CCN(C(C)C)C2)c1=O. The van der Waals surface area contributed by atoms with Crippen LogP contribution in [0.1, 0.15) is 34.1 Å². The summed E-state index contributed by atoms with van der Waals surface area (Å²) in [6.45, 7) is 12.5. The summed E-state index contributed by atoms with van der Waals surface area (Å²) in [5.74, 6) is 1.54. The number of aromatic nitrogens is 2. The molecule has 0 radical (unpaired) electrons. The fourth-order valence-corrected chi connectivity index (χ4v) is 2.84. The first kappa shape index (κ1) is 16.0. The molecule has 1 N–H and O–H groups in total. The Balaban J connectivity index is 1.93. The molecule has 118 valence electrons. The molecular weight excluding hydrogens is 264 g/mol. The van der Waals surface area contributed by atoms with Crippen LogP contribution in [-0.4, -0.2) is 40.1 Å². The highest BCUT2D eigenvalue weighted by molar-refractivity contribution is 5.30. The Morgan fingerprint density at radius 1 is 1.38 bits per heavy atom. The van der Waals surface area contributed by atoms with Gasteiger partial charge in [0.1, 0.15) is 0 Å². The minimum absolute atomic E-state index is 0.00934. The van der Waals surface area contributed by atoms with E-state index < -0.39 is 0 Å². The lowest BCUT2D eigenvalue weighted by molar-refractivity contribution is 0.266. The number of likely N-dealkylation sites (tertiary alicyclic amines) is 1. The third-order valence-corrected chi connectivity index (χ3v) is 4.08. The number of rotatable bonds is 6. The standard InChI is InChI=1S/C16H28N4O/c1-12(2)10-20-8-6-17-15(16(20)21)18-9-14-5-7-19(11-14)13(3)4/h6,8,12-14H,5,7,9-11H2,1-4H3,(H,17,18).